The first-order valence-electron chi connectivity index (χ1n) is 9.07. The number of rotatable bonds is 9. The number of carbonyl (C=O) groups is 1. The van der Waals surface area contributed by atoms with E-state index in [1.165, 1.54) is 11.8 Å². The lowest BCUT2D eigenvalue weighted by Gasteiger charge is -2.12. The minimum Gasteiger partial charge on any atom is -0.491 e. The van der Waals surface area contributed by atoms with Crippen molar-refractivity contribution in [2.75, 3.05) is 26.6 Å². The summed E-state index contributed by atoms with van der Waals surface area (Å²) in [6, 6.07) is 11.2. The van der Waals surface area contributed by atoms with E-state index in [2.05, 4.69) is 15.3 Å². The lowest BCUT2D eigenvalue weighted by Crippen LogP contribution is -2.25. The highest BCUT2D eigenvalue weighted by Crippen LogP contribution is 2.25. The van der Waals surface area contributed by atoms with Gasteiger partial charge < -0.3 is 19.2 Å². The molecule has 0 spiro atoms. The van der Waals surface area contributed by atoms with Crippen LogP contribution in [-0.4, -0.2) is 42.5 Å². The summed E-state index contributed by atoms with van der Waals surface area (Å²) < 4.78 is 15.9. The summed E-state index contributed by atoms with van der Waals surface area (Å²) in [5, 5.41) is 3.55. The van der Waals surface area contributed by atoms with Crippen LogP contribution in [-0.2, 0) is 11.3 Å². The number of amides is 1. The molecule has 0 aliphatic carbocycles. The molecule has 1 N–H and O–H groups in total. The highest BCUT2D eigenvalue weighted by molar-refractivity contribution is 7.98. The number of ether oxygens (including phenoxy) is 2. The number of nitrogens with zero attached hydrogens (tertiary/aromatic N) is 2. The Hall–Kier alpha value is -2.84. The normalized spacial score (nSPS) is 10.7. The van der Waals surface area contributed by atoms with Crippen LogP contribution in [0.3, 0.4) is 0 Å². The predicted octanol–water partition coefficient (Wildman–Crippen LogP) is 3.72. The molecule has 0 aliphatic heterocycles. The molecular weight excluding hydrogens is 390 g/mol. The quantitative estimate of drug-likeness (QED) is 0.325. The molecular formula is C21H23N3O4S. The molecule has 3 aromatic rings. The van der Waals surface area contributed by atoms with Crippen molar-refractivity contribution < 1.29 is 18.7 Å². The average Bonchev–Trinajstić information content (AvgIpc) is 3.27. The van der Waals surface area contributed by atoms with Gasteiger partial charge in [0.1, 0.15) is 17.4 Å². The van der Waals surface area contributed by atoms with Crippen LogP contribution in [0, 0.1) is 6.92 Å². The molecule has 7 nitrogen and oxygen atoms in total. The number of furan rings is 1. The molecule has 0 unspecified atom stereocenters. The molecule has 0 fully saturated rings. The van der Waals surface area contributed by atoms with Gasteiger partial charge in [-0.05, 0) is 43.0 Å². The number of methoxy groups -OCH3 is 1. The van der Waals surface area contributed by atoms with Crippen LogP contribution in [0.2, 0.25) is 0 Å². The van der Waals surface area contributed by atoms with Gasteiger partial charge in [-0.25, -0.2) is 9.97 Å². The van der Waals surface area contributed by atoms with Crippen LogP contribution in [0.4, 0.5) is 0 Å². The number of nitrogens with one attached hydrogen (secondary N) is 1. The SMILES string of the molecule is COCCOc1ccc(CNC(=O)c2c(C)nc(-c3ccco3)nc2SC)cc1. The Kier molecular flexibility index (Phi) is 7.26. The summed E-state index contributed by atoms with van der Waals surface area (Å²) in [6.07, 6.45) is 3.45. The second-order valence-corrected chi connectivity index (χ2v) is 6.96. The first-order chi connectivity index (χ1) is 14.1. The molecule has 0 radical (unpaired) electrons. The molecule has 2 heterocycles. The van der Waals surface area contributed by atoms with Gasteiger partial charge in [0.25, 0.3) is 5.91 Å². The number of thioether (sulfide) groups is 1. The molecule has 1 amide bonds. The van der Waals surface area contributed by atoms with Crippen molar-refractivity contribution in [3.05, 3.63) is 59.5 Å². The Morgan fingerprint density at radius 3 is 2.62 bits per heavy atom. The summed E-state index contributed by atoms with van der Waals surface area (Å²) in [5.74, 6) is 1.60. The van der Waals surface area contributed by atoms with E-state index in [0.717, 1.165) is 11.3 Å². The van der Waals surface area contributed by atoms with E-state index in [9.17, 15) is 4.79 Å². The van der Waals surface area contributed by atoms with Gasteiger partial charge in [-0.2, -0.15) is 0 Å². The van der Waals surface area contributed by atoms with Crippen LogP contribution in [0.15, 0.2) is 52.1 Å². The maximum Gasteiger partial charge on any atom is 0.256 e. The zero-order valence-electron chi connectivity index (χ0n) is 16.6. The fourth-order valence-corrected chi connectivity index (χ4v) is 3.31. The van der Waals surface area contributed by atoms with Gasteiger partial charge in [-0.15, -0.1) is 11.8 Å². The molecule has 8 heteroatoms. The van der Waals surface area contributed by atoms with Crippen LogP contribution >= 0.6 is 11.8 Å². The van der Waals surface area contributed by atoms with Gasteiger partial charge in [0.15, 0.2) is 11.6 Å². The molecule has 0 atom stereocenters. The van der Waals surface area contributed by atoms with Gasteiger partial charge in [-0.1, -0.05) is 12.1 Å². The van der Waals surface area contributed by atoms with Gasteiger partial charge in [0, 0.05) is 13.7 Å². The molecule has 2 aromatic heterocycles. The van der Waals surface area contributed by atoms with Gasteiger partial charge in [0.2, 0.25) is 0 Å². The monoisotopic (exact) mass is 413 g/mol. The number of aromatic nitrogens is 2. The second-order valence-electron chi connectivity index (χ2n) is 6.16. The molecule has 3 rings (SSSR count). The molecule has 29 heavy (non-hydrogen) atoms. The third-order valence-corrected chi connectivity index (χ3v) is 4.83. The topological polar surface area (TPSA) is 86.5 Å². The summed E-state index contributed by atoms with van der Waals surface area (Å²) in [4.78, 5) is 21.7. The van der Waals surface area contributed by atoms with Crippen molar-refractivity contribution in [1.29, 1.82) is 0 Å². The van der Waals surface area contributed by atoms with Gasteiger partial charge in [0.05, 0.1) is 24.1 Å². The molecule has 0 saturated heterocycles. The molecule has 0 bridgehead atoms. The van der Waals surface area contributed by atoms with Gasteiger partial charge >= 0.3 is 0 Å². The van der Waals surface area contributed by atoms with E-state index in [1.54, 1.807) is 32.4 Å². The molecule has 1 aromatic carbocycles. The van der Waals surface area contributed by atoms with Crippen molar-refractivity contribution >= 4 is 17.7 Å². The Bertz CT molecular complexity index is 943. The third-order valence-electron chi connectivity index (χ3n) is 4.15. The summed E-state index contributed by atoms with van der Waals surface area (Å²) in [5.41, 5.74) is 2.05. The van der Waals surface area contributed by atoms with Crippen LogP contribution < -0.4 is 10.1 Å². The number of aryl methyl sites for hydroxylation is 1. The maximum absolute atomic E-state index is 12.8. The van der Waals surface area contributed by atoms with Crippen LogP contribution in [0.1, 0.15) is 21.6 Å². The lowest BCUT2D eigenvalue weighted by atomic mass is 10.2. The summed E-state index contributed by atoms with van der Waals surface area (Å²) >= 11 is 1.40. The fourth-order valence-electron chi connectivity index (χ4n) is 2.69. The van der Waals surface area contributed by atoms with Gasteiger partial charge in [-0.3, -0.25) is 4.79 Å². The van der Waals surface area contributed by atoms with E-state index in [1.807, 2.05) is 30.5 Å². The minimum atomic E-state index is -0.210. The predicted molar refractivity (Wildman–Crippen MR) is 111 cm³/mol. The average molecular weight is 413 g/mol. The molecule has 152 valence electrons. The second kappa shape index (κ2) is 10.1. The highest BCUT2D eigenvalue weighted by Gasteiger charge is 2.19. The first-order valence-corrected chi connectivity index (χ1v) is 10.3. The summed E-state index contributed by atoms with van der Waals surface area (Å²) in [6.45, 7) is 3.23. The number of hydrogen-bond donors (Lipinski definition) is 1. The Morgan fingerprint density at radius 1 is 1.17 bits per heavy atom. The van der Waals surface area contributed by atoms with E-state index >= 15 is 0 Å². The largest absolute Gasteiger partial charge is 0.491 e. The van der Waals surface area contributed by atoms with Crippen molar-refractivity contribution in [1.82, 2.24) is 15.3 Å². The maximum atomic E-state index is 12.8. The standard InChI is InChI=1S/C21H23N3O4S/c1-14-18(21(29-3)24-19(23-14)17-5-4-10-28-17)20(25)22-13-15-6-8-16(9-7-15)27-12-11-26-2/h4-10H,11-13H2,1-3H3,(H,22,25). The molecule has 0 saturated carbocycles. The van der Waals surface area contributed by atoms with Crippen molar-refractivity contribution in [2.45, 2.75) is 18.5 Å². The summed E-state index contributed by atoms with van der Waals surface area (Å²) in [7, 11) is 1.63. The Labute approximate surface area is 173 Å². The van der Waals surface area contributed by atoms with E-state index in [0.29, 0.717) is 47.6 Å². The van der Waals surface area contributed by atoms with Crippen molar-refractivity contribution in [3.63, 3.8) is 0 Å². The smallest absolute Gasteiger partial charge is 0.256 e. The van der Waals surface area contributed by atoms with Crippen LogP contribution in [0.5, 0.6) is 5.75 Å². The molecule has 0 aliphatic rings. The van der Waals surface area contributed by atoms with E-state index in [4.69, 9.17) is 13.9 Å². The minimum absolute atomic E-state index is 0.210. The zero-order valence-corrected chi connectivity index (χ0v) is 17.4. The fraction of sp³-hybridized carbons (Fsp3) is 0.286. The number of hydrogen-bond acceptors (Lipinski definition) is 7. The van der Waals surface area contributed by atoms with Crippen LogP contribution in [0.25, 0.3) is 11.6 Å². The Balaban J connectivity index is 1.67. The number of carbonyl (C=O) groups excluding carboxylic acids is 1. The highest BCUT2D eigenvalue weighted by atomic mass is 32.2. The van der Waals surface area contributed by atoms with E-state index in [-0.39, 0.29) is 5.91 Å². The van der Waals surface area contributed by atoms with Crippen molar-refractivity contribution in [2.24, 2.45) is 0 Å². The zero-order chi connectivity index (χ0) is 20.6. The first kappa shape index (κ1) is 20.9. The van der Waals surface area contributed by atoms with E-state index < -0.39 is 0 Å². The third kappa shape index (κ3) is 5.36. The number of benzene rings is 1. The Morgan fingerprint density at radius 2 is 1.97 bits per heavy atom. The lowest BCUT2D eigenvalue weighted by molar-refractivity contribution is 0.0946. The van der Waals surface area contributed by atoms with Crippen molar-refractivity contribution in [3.8, 4) is 17.3 Å².